The number of aryl methyl sites for hydroxylation is 1. The number of ether oxygens (including phenoxy) is 2. The van der Waals surface area contributed by atoms with E-state index in [9.17, 15) is 4.79 Å². The van der Waals surface area contributed by atoms with Gasteiger partial charge in [-0.25, -0.2) is 0 Å². The van der Waals surface area contributed by atoms with Gasteiger partial charge in [0.05, 0.1) is 0 Å². The zero-order chi connectivity index (χ0) is 20.4. The number of amides is 1. The van der Waals surface area contributed by atoms with Crippen LogP contribution in [0.25, 0.3) is 0 Å². The Morgan fingerprint density at radius 2 is 1.83 bits per heavy atom. The molecule has 6 heteroatoms. The number of para-hydroxylation sites is 1. The van der Waals surface area contributed by atoms with Crippen LogP contribution < -0.4 is 20.1 Å². The second-order valence-electron chi connectivity index (χ2n) is 7.27. The Labute approximate surface area is 169 Å². The van der Waals surface area contributed by atoms with Crippen LogP contribution in [0.3, 0.4) is 0 Å². The molecule has 0 saturated heterocycles. The molecule has 0 unspecified atom stereocenters. The van der Waals surface area contributed by atoms with E-state index in [1.807, 2.05) is 49.4 Å². The molecule has 2 N–H and O–H groups in total. The normalized spacial score (nSPS) is 12.1. The largest absolute Gasteiger partial charge is 0.454 e. The summed E-state index contributed by atoms with van der Waals surface area (Å²) >= 11 is 0. The summed E-state index contributed by atoms with van der Waals surface area (Å²) in [5, 5.41) is 6.31. The Hall–Kier alpha value is -3.54. The molecule has 2 heterocycles. The highest BCUT2D eigenvalue weighted by molar-refractivity contribution is 6.04. The highest BCUT2D eigenvalue weighted by Gasteiger charge is 2.16. The monoisotopic (exact) mass is 389 g/mol. The molecule has 1 aromatic heterocycles. The number of rotatable bonds is 5. The van der Waals surface area contributed by atoms with E-state index in [2.05, 4.69) is 29.5 Å². The van der Waals surface area contributed by atoms with Crippen LogP contribution in [-0.2, 0) is 0 Å². The molecule has 2 aromatic carbocycles. The van der Waals surface area contributed by atoms with Crippen molar-refractivity contribution in [1.29, 1.82) is 0 Å². The molecule has 3 aromatic rings. The molecular formula is C23H23N3O3. The molecule has 148 valence electrons. The first-order valence-corrected chi connectivity index (χ1v) is 9.55. The Balaban J connectivity index is 1.54. The number of carbonyl (C=O) groups is 1. The summed E-state index contributed by atoms with van der Waals surface area (Å²) in [6.45, 7) is 6.44. The summed E-state index contributed by atoms with van der Waals surface area (Å²) in [6, 6.07) is 15.2. The quantitative estimate of drug-likeness (QED) is 0.624. The first kappa shape index (κ1) is 18.8. The molecule has 0 radical (unpaired) electrons. The second kappa shape index (κ2) is 7.83. The molecule has 1 aliphatic rings. The number of pyridine rings is 1. The highest BCUT2D eigenvalue weighted by Crippen LogP contribution is 2.35. The third kappa shape index (κ3) is 4.01. The van der Waals surface area contributed by atoms with Gasteiger partial charge in [-0.3, -0.25) is 9.78 Å². The molecule has 0 aliphatic carbocycles. The molecule has 4 rings (SSSR count). The lowest BCUT2D eigenvalue weighted by atomic mass is 9.98. The van der Waals surface area contributed by atoms with Crippen molar-refractivity contribution in [2.24, 2.45) is 0 Å². The fourth-order valence-corrected chi connectivity index (χ4v) is 3.29. The van der Waals surface area contributed by atoms with E-state index < -0.39 is 0 Å². The van der Waals surface area contributed by atoms with Gasteiger partial charge in [0.2, 0.25) is 6.79 Å². The minimum Gasteiger partial charge on any atom is -0.454 e. The van der Waals surface area contributed by atoms with Crippen molar-refractivity contribution in [2.45, 2.75) is 26.7 Å². The topological polar surface area (TPSA) is 72.5 Å². The number of hydrogen-bond acceptors (Lipinski definition) is 5. The molecule has 0 saturated carbocycles. The summed E-state index contributed by atoms with van der Waals surface area (Å²) in [5.74, 6) is 1.49. The maximum atomic E-state index is 12.9. The van der Waals surface area contributed by atoms with Gasteiger partial charge in [-0.15, -0.1) is 0 Å². The van der Waals surface area contributed by atoms with Gasteiger partial charge in [0.1, 0.15) is 5.69 Å². The average Bonchev–Trinajstić information content (AvgIpc) is 3.17. The van der Waals surface area contributed by atoms with Crippen LogP contribution in [0.2, 0.25) is 0 Å². The number of hydrogen-bond donors (Lipinski definition) is 2. The number of nitrogens with zero attached hydrogens (tertiary/aromatic N) is 1. The zero-order valence-corrected chi connectivity index (χ0v) is 16.7. The number of benzene rings is 2. The van der Waals surface area contributed by atoms with Crippen LogP contribution in [0.4, 0.5) is 17.1 Å². The van der Waals surface area contributed by atoms with Crippen molar-refractivity contribution < 1.29 is 14.3 Å². The average molecular weight is 389 g/mol. The third-order valence-electron chi connectivity index (χ3n) is 4.82. The third-order valence-corrected chi connectivity index (χ3v) is 4.82. The van der Waals surface area contributed by atoms with E-state index in [4.69, 9.17) is 9.47 Å². The Bertz CT molecular complexity index is 1060. The van der Waals surface area contributed by atoms with E-state index in [0.29, 0.717) is 17.4 Å². The molecule has 1 amide bonds. The number of anilines is 3. The molecular weight excluding hydrogens is 366 g/mol. The van der Waals surface area contributed by atoms with Crippen molar-refractivity contribution in [1.82, 2.24) is 4.98 Å². The fraction of sp³-hybridized carbons (Fsp3) is 0.217. The molecule has 0 spiro atoms. The minimum atomic E-state index is -0.240. The standard InChI is InChI=1S/C23H23N3O3/c1-14(2)18-6-4-5-15(3)22(18)26-23(27)19-11-17(9-10-24-19)25-16-7-8-20-21(12-16)29-13-28-20/h4-12,14H,13H2,1-3H3,(H,24,25)(H,26,27). The molecule has 29 heavy (non-hydrogen) atoms. The molecule has 6 nitrogen and oxygen atoms in total. The molecule has 0 bridgehead atoms. The number of fused-ring (bicyclic) bond motifs is 1. The minimum absolute atomic E-state index is 0.232. The van der Waals surface area contributed by atoms with Crippen LogP contribution in [0, 0.1) is 6.92 Å². The summed E-state index contributed by atoms with van der Waals surface area (Å²) in [7, 11) is 0. The summed E-state index contributed by atoms with van der Waals surface area (Å²) in [4.78, 5) is 17.1. The first-order valence-electron chi connectivity index (χ1n) is 9.55. The van der Waals surface area contributed by atoms with Crippen molar-refractivity contribution in [2.75, 3.05) is 17.4 Å². The lowest BCUT2D eigenvalue weighted by molar-refractivity contribution is 0.102. The lowest BCUT2D eigenvalue weighted by Crippen LogP contribution is -2.16. The van der Waals surface area contributed by atoms with Crippen LogP contribution in [0.1, 0.15) is 41.4 Å². The van der Waals surface area contributed by atoms with E-state index in [0.717, 1.165) is 33.9 Å². The highest BCUT2D eigenvalue weighted by atomic mass is 16.7. The van der Waals surface area contributed by atoms with Gasteiger partial charge in [-0.05, 0) is 48.2 Å². The van der Waals surface area contributed by atoms with E-state index in [1.54, 1.807) is 12.3 Å². The smallest absolute Gasteiger partial charge is 0.274 e. The summed E-state index contributed by atoms with van der Waals surface area (Å²) in [6.07, 6.45) is 1.62. The number of aromatic nitrogens is 1. The molecule has 0 fully saturated rings. The SMILES string of the molecule is Cc1cccc(C(C)C)c1NC(=O)c1cc(Nc2ccc3c(c2)OCO3)ccn1. The maximum absolute atomic E-state index is 12.9. The van der Waals surface area contributed by atoms with Crippen molar-refractivity contribution in [3.05, 3.63) is 71.5 Å². The van der Waals surface area contributed by atoms with Gasteiger partial charge in [0, 0.05) is 29.3 Å². The number of carbonyl (C=O) groups excluding carboxylic acids is 1. The zero-order valence-electron chi connectivity index (χ0n) is 16.7. The Morgan fingerprint density at radius 3 is 2.66 bits per heavy atom. The molecule has 0 atom stereocenters. The Morgan fingerprint density at radius 1 is 1.03 bits per heavy atom. The Kier molecular flexibility index (Phi) is 5.08. The fourth-order valence-electron chi connectivity index (χ4n) is 3.29. The summed E-state index contributed by atoms with van der Waals surface area (Å²) < 4.78 is 10.7. The van der Waals surface area contributed by atoms with Gasteiger partial charge in [0.25, 0.3) is 5.91 Å². The second-order valence-corrected chi connectivity index (χ2v) is 7.27. The van der Waals surface area contributed by atoms with Crippen LogP contribution in [-0.4, -0.2) is 17.7 Å². The van der Waals surface area contributed by atoms with Gasteiger partial charge < -0.3 is 20.1 Å². The van der Waals surface area contributed by atoms with Gasteiger partial charge >= 0.3 is 0 Å². The van der Waals surface area contributed by atoms with Crippen molar-refractivity contribution >= 4 is 23.0 Å². The predicted octanol–water partition coefficient (Wildman–Crippen LogP) is 5.24. The van der Waals surface area contributed by atoms with Gasteiger partial charge in [-0.1, -0.05) is 32.0 Å². The van der Waals surface area contributed by atoms with Gasteiger partial charge in [0.15, 0.2) is 11.5 Å². The lowest BCUT2D eigenvalue weighted by Gasteiger charge is -2.16. The van der Waals surface area contributed by atoms with Crippen LogP contribution in [0.15, 0.2) is 54.7 Å². The number of nitrogens with one attached hydrogen (secondary N) is 2. The van der Waals surface area contributed by atoms with Crippen molar-refractivity contribution in [3.63, 3.8) is 0 Å². The van der Waals surface area contributed by atoms with Gasteiger partial charge in [-0.2, -0.15) is 0 Å². The van der Waals surface area contributed by atoms with Crippen LogP contribution in [0.5, 0.6) is 11.5 Å². The van der Waals surface area contributed by atoms with Crippen LogP contribution >= 0.6 is 0 Å². The van der Waals surface area contributed by atoms with E-state index >= 15 is 0 Å². The summed E-state index contributed by atoms with van der Waals surface area (Å²) in [5.41, 5.74) is 4.93. The molecule has 1 aliphatic heterocycles. The van der Waals surface area contributed by atoms with E-state index in [1.165, 1.54) is 0 Å². The first-order chi connectivity index (χ1) is 14.0. The predicted molar refractivity (Wildman–Crippen MR) is 113 cm³/mol. The maximum Gasteiger partial charge on any atom is 0.274 e. The van der Waals surface area contributed by atoms with Crippen molar-refractivity contribution in [3.8, 4) is 11.5 Å². The van der Waals surface area contributed by atoms with E-state index in [-0.39, 0.29) is 12.7 Å².